The zero-order valence-electron chi connectivity index (χ0n) is 14.9. The first kappa shape index (κ1) is 16.8. The van der Waals surface area contributed by atoms with Crippen LogP contribution < -0.4 is 5.32 Å². The quantitative estimate of drug-likeness (QED) is 0.368. The van der Waals surface area contributed by atoms with Gasteiger partial charge in [0.05, 0.1) is 10.4 Å². The van der Waals surface area contributed by atoms with Gasteiger partial charge in [-0.25, -0.2) is 9.97 Å². The third-order valence-corrected chi connectivity index (χ3v) is 4.58. The molecule has 9 heteroatoms. The molecule has 1 N–H and O–H groups in total. The Kier molecular flexibility index (Phi) is 3.84. The van der Waals surface area contributed by atoms with E-state index in [-0.39, 0.29) is 17.3 Å². The summed E-state index contributed by atoms with van der Waals surface area (Å²) in [5.74, 6) is 0.123. The summed E-state index contributed by atoms with van der Waals surface area (Å²) in [6, 6.07) is 20.7. The van der Waals surface area contributed by atoms with Gasteiger partial charge >= 0.3 is 5.69 Å². The van der Waals surface area contributed by atoms with Crippen LogP contribution in [0.2, 0.25) is 0 Å². The molecule has 0 radical (unpaired) electrons. The molecule has 5 aromatic rings. The molecule has 0 saturated carbocycles. The lowest BCUT2D eigenvalue weighted by Crippen LogP contribution is -2.09. The number of rotatable bonds is 4. The number of hydrogen-bond acceptors (Lipinski definition) is 7. The Bertz CT molecular complexity index is 1370. The highest BCUT2D eigenvalue weighted by atomic mass is 16.6. The molecule has 0 atom stereocenters. The molecule has 0 amide bonds. The van der Waals surface area contributed by atoms with Crippen molar-refractivity contribution in [3.05, 3.63) is 83.2 Å². The molecule has 3 aromatic carbocycles. The highest BCUT2D eigenvalue weighted by Gasteiger charge is 2.26. The van der Waals surface area contributed by atoms with Crippen molar-refractivity contribution in [2.45, 2.75) is 0 Å². The van der Waals surface area contributed by atoms with Crippen molar-refractivity contribution >= 4 is 39.0 Å². The molecule has 2 aromatic heterocycles. The predicted molar refractivity (Wildman–Crippen MR) is 108 cm³/mol. The summed E-state index contributed by atoms with van der Waals surface area (Å²) in [6.07, 6.45) is 1.27. The maximum absolute atomic E-state index is 12.0. The lowest BCUT2D eigenvalue weighted by atomic mass is 10.1. The maximum atomic E-state index is 12.0. The normalized spacial score (nSPS) is 11.0. The molecule has 29 heavy (non-hydrogen) atoms. The summed E-state index contributed by atoms with van der Waals surface area (Å²) >= 11 is 0. The monoisotopic (exact) mass is 383 g/mol. The molecule has 0 saturated heterocycles. The van der Waals surface area contributed by atoms with E-state index in [1.165, 1.54) is 11.0 Å². The first-order valence-corrected chi connectivity index (χ1v) is 8.77. The van der Waals surface area contributed by atoms with Gasteiger partial charge in [-0.05, 0) is 23.6 Å². The van der Waals surface area contributed by atoms with Crippen LogP contribution in [0.25, 0.3) is 27.6 Å². The summed E-state index contributed by atoms with van der Waals surface area (Å²) in [5, 5.41) is 25.1. The largest absolute Gasteiger partial charge is 0.356 e. The van der Waals surface area contributed by atoms with Crippen LogP contribution in [0, 0.1) is 10.1 Å². The predicted octanol–water partition coefficient (Wildman–Crippen LogP) is 4.02. The van der Waals surface area contributed by atoms with Gasteiger partial charge in [0.1, 0.15) is 11.8 Å². The third-order valence-electron chi connectivity index (χ3n) is 4.58. The fourth-order valence-electron chi connectivity index (χ4n) is 3.27. The van der Waals surface area contributed by atoms with E-state index < -0.39 is 4.92 Å². The van der Waals surface area contributed by atoms with Gasteiger partial charge in [0.25, 0.3) is 0 Å². The number of benzene rings is 3. The number of nitrogens with one attached hydrogen (secondary N) is 1. The Balaban J connectivity index is 1.68. The van der Waals surface area contributed by atoms with E-state index in [4.69, 9.17) is 0 Å². The topological polar surface area (TPSA) is 112 Å². The van der Waals surface area contributed by atoms with Gasteiger partial charge in [-0.15, -0.1) is 5.10 Å². The van der Waals surface area contributed by atoms with Crippen LogP contribution in [0.1, 0.15) is 0 Å². The molecular formula is C20H13N7O2. The van der Waals surface area contributed by atoms with Crippen LogP contribution in [-0.4, -0.2) is 29.9 Å². The Morgan fingerprint density at radius 1 is 0.931 bits per heavy atom. The number of para-hydroxylation sites is 1. The van der Waals surface area contributed by atoms with Crippen molar-refractivity contribution in [2.24, 2.45) is 0 Å². The molecule has 0 aliphatic rings. The van der Waals surface area contributed by atoms with Crippen molar-refractivity contribution in [1.82, 2.24) is 25.0 Å². The molecular weight excluding hydrogens is 370 g/mol. The summed E-state index contributed by atoms with van der Waals surface area (Å²) < 4.78 is 1.35. The Hall–Kier alpha value is -4.40. The van der Waals surface area contributed by atoms with Crippen molar-refractivity contribution in [2.75, 3.05) is 5.32 Å². The number of hydrogen-bond donors (Lipinski definition) is 1. The van der Waals surface area contributed by atoms with Crippen molar-refractivity contribution in [3.63, 3.8) is 0 Å². The zero-order chi connectivity index (χ0) is 19.8. The van der Waals surface area contributed by atoms with Crippen LogP contribution in [-0.2, 0) is 0 Å². The van der Waals surface area contributed by atoms with Crippen molar-refractivity contribution in [1.29, 1.82) is 0 Å². The second-order valence-corrected chi connectivity index (χ2v) is 6.29. The fraction of sp³-hybridized carbons (Fsp3) is 0. The Labute approximate surface area is 163 Å². The highest BCUT2D eigenvalue weighted by molar-refractivity contribution is 5.95. The summed E-state index contributed by atoms with van der Waals surface area (Å²) in [7, 11) is 0. The minimum Gasteiger partial charge on any atom is -0.334 e. The molecule has 140 valence electrons. The molecule has 5 rings (SSSR count). The van der Waals surface area contributed by atoms with E-state index in [0.717, 1.165) is 10.8 Å². The van der Waals surface area contributed by atoms with Crippen LogP contribution in [0.5, 0.6) is 0 Å². The van der Waals surface area contributed by atoms with Gasteiger partial charge in [0.2, 0.25) is 11.6 Å². The number of fused-ring (bicyclic) bond motifs is 2. The van der Waals surface area contributed by atoms with E-state index in [1.54, 1.807) is 12.1 Å². The summed E-state index contributed by atoms with van der Waals surface area (Å²) in [6.45, 7) is 0. The van der Waals surface area contributed by atoms with E-state index in [2.05, 4.69) is 25.6 Å². The minimum atomic E-state index is -0.515. The molecule has 0 fully saturated rings. The van der Waals surface area contributed by atoms with E-state index >= 15 is 0 Å². The van der Waals surface area contributed by atoms with Crippen LogP contribution >= 0.6 is 0 Å². The van der Waals surface area contributed by atoms with Gasteiger partial charge in [0, 0.05) is 11.1 Å². The lowest BCUT2D eigenvalue weighted by Gasteiger charge is -2.11. The summed E-state index contributed by atoms with van der Waals surface area (Å²) in [4.78, 5) is 19.7. The average Bonchev–Trinajstić information content (AvgIpc) is 3.18. The molecule has 0 aliphatic carbocycles. The minimum absolute atomic E-state index is 0.0430. The van der Waals surface area contributed by atoms with Gasteiger partial charge in [-0.3, -0.25) is 10.1 Å². The van der Waals surface area contributed by atoms with Gasteiger partial charge in [0.15, 0.2) is 0 Å². The zero-order valence-corrected chi connectivity index (χ0v) is 14.9. The van der Waals surface area contributed by atoms with Crippen molar-refractivity contribution in [3.8, 4) is 5.82 Å². The third kappa shape index (κ3) is 2.81. The number of anilines is 2. The average molecular weight is 383 g/mol. The van der Waals surface area contributed by atoms with Gasteiger partial charge < -0.3 is 5.32 Å². The van der Waals surface area contributed by atoms with Crippen molar-refractivity contribution < 1.29 is 4.92 Å². The lowest BCUT2D eigenvalue weighted by molar-refractivity contribution is -0.384. The second kappa shape index (κ2) is 6.64. The SMILES string of the molecule is O=[N+]([O-])c1c(Nc2cccc3ccccc23)ncnc1-n1nnc2ccccc21. The molecule has 0 bridgehead atoms. The van der Waals surface area contributed by atoms with E-state index in [1.807, 2.05) is 54.6 Å². The molecule has 0 unspecified atom stereocenters. The standard InChI is InChI=1S/C20H13N7O2/c28-27(29)18-19(23-15-10-5-7-13-6-1-2-8-14(13)15)21-12-22-20(18)26-17-11-4-3-9-16(17)24-25-26/h1-12H,(H,21,22,23). The van der Waals surface area contributed by atoms with E-state index in [0.29, 0.717) is 16.7 Å². The molecule has 0 spiro atoms. The van der Waals surface area contributed by atoms with Crippen LogP contribution in [0.3, 0.4) is 0 Å². The van der Waals surface area contributed by atoms with Gasteiger partial charge in [-0.1, -0.05) is 53.7 Å². The number of aromatic nitrogens is 5. The fourth-order valence-corrected chi connectivity index (χ4v) is 3.27. The Morgan fingerprint density at radius 2 is 1.72 bits per heavy atom. The molecule has 9 nitrogen and oxygen atoms in total. The Morgan fingerprint density at radius 3 is 2.62 bits per heavy atom. The molecule has 0 aliphatic heterocycles. The van der Waals surface area contributed by atoms with E-state index in [9.17, 15) is 10.1 Å². The van der Waals surface area contributed by atoms with Crippen LogP contribution in [0.4, 0.5) is 17.2 Å². The second-order valence-electron chi connectivity index (χ2n) is 6.29. The molecule has 2 heterocycles. The summed E-state index contributed by atoms with van der Waals surface area (Å²) in [5.41, 5.74) is 1.66. The first-order chi connectivity index (χ1) is 14.2. The number of nitro groups is 1. The maximum Gasteiger partial charge on any atom is 0.356 e. The highest BCUT2D eigenvalue weighted by Crippen LogP contribution is 2.33. The van der Waals surface area contributed by atoms with Gasteiger partial charge in [-0.2, -0.15) is 4.68 Å². The van der Waals surface area contributed by atoms with Crippen LogP contribution in [0.15, 0.2) is 73.1 Å². The first-order valence-electron chi connectivity index (χ1n) is 8.77. The smallest absolute Gasteiger partial charge is 0.334 e. The number of nitrogens with zero attached hydrogens (tertiary/aromatic N) is 6.